The quantitative estimate of drug-likeness (QED) is 0.519. The van der Waals surface area contributed by atoms with Crippen LogP contribution in [0.5, 0.6) is 17.2 Å². The SMILES string of the molecule is COc1c2c(cc3c1[C@H](CC(=NO)c1ccccc1)N(C)CC3)OCO2. The van der Waals surface area contributed by atoms with Crippen LogP contribution in [0.4, 0.5) is 0 Å². The third-order valence-corrected chi connectivity index (χ3v) is 5.16. The fraction of sp³-hybridized carbons (Fsp3) is 0.350. The molecule has 0 bridgehead atoms. The Morgan fingerprint density at radius 1 is 1.31 bits per heavy atom. The second-order valence-electron chi connectivity index (χ2n) is 6.58. The molecule has 0 spiro atoms. The number of ether oxygens (including phenoxy) is 3. The first-order valence-electron chi connectivity index (χ1n) is 8.69. The van der Waals surface area contributed by atoms with Crippen LogP contribution in [0, 0.1) is 0 Å². The van der Waals surface area contributed by atoms with E-state index < -0.39 is 0 Å². The minimum absolute atomic E-state index is 0.0225. The average molecular weight is 354 g/mol. The van der Waals surface area contributed by atoms with Crippen LogP contribution in [0.25, 0.3) is 0 Å². The van der Waals surface area contributed by atoms with Crippen LogP contribution in [-0.4, -0.2) is 43.3 Å². The van der Waals surface area contributed by atoms with Gasteiger partial charge in [-0.2, -0.15) is 0 Å². The summed E-state index contributed by atoms with van der Waals surface area (Å²) in [6, 6.07) is 11.8. The van der Waals surface area contributed by atoms with E-state index in [9.17, 15) is 5.21 Å². The van der Waals surface area contributed by atoms with E-state index in [1.54, 1.807) is 7.11 Å². The molecule has 4 rings (SSSR count). The Morgan fingerprint density at radius 2 is 2.12 bits per heavy atom. The molecule has 26 heavy (non-hydrogen) atoms. The molecule has 2 aromatic rings. The largest absolute Gasteiger partial charge is 0.492 e. The number of likely N-dealkylation sites (N-methyl/N-ethyl adjacent to an activating group) is 1. The van der Waals surface area contributed by atoms with Crippen molar-refractivity contribution < 1.29 is 19.4 Å². The number of hydrogen-bond acceptors (Lipinski definition) is 6. The molecular weight excluding hydrogens is 332 g/mol. The highest BCUT2D eigenvalue weighted by molar-refractivity contribution is 6.00. The van der Waals surface area contributed by atoms with Gasteiger partial charge in [0, 0.05) is 24.6 Å². The minimum Gasteiger partial charge on any atom is -0.492 e. The first-order chi connectivity index (χ1) is 12.7. The predicted molar refractivity (Wildman–Crippen MR) is 97.6 cm³/mol. The van der Waals surface area contributed by atoms with Crippen LogP contribution >= 0.6 is 0 Å². The lowest BCUT2D eigenvalue weighted by atomic mass is 9.87. The summed E-state index contributed by atoms with van der Waals surface area (Å²) < 4.78 is 16.9. The molecule has 2 heterocycles. The maximum absolute atomic E-state index is 9.62. The zero-order valence-corrected chi connectivity index (χ0v) is 14.9. The van der Waals surface area contributed by atoms with Crippen LogP contribution in [-0.2, 0) is 6.42 Å². The smallest absolute Gasteiger partial charge is 0.231 e. The molecule has 2 aliphatic rings. The van der Waals surface area contributed by atoms with Gasteiger partial charge in [0.05, 0.1) is 12.8 Å². The van der Waals surface area contributed by atoms with Crippen molar-refractivity contribution in [1.29, 1.82) is 0 Å². The highest BCUT2D eigenvalue weighted by Crippen LogP contribution is 2.50. The lowest BCUT2D eigenvalue weighted by Crippen LogP contribution is -2.34. The summed E-state index contributed by atoms with van der Waals surface area (Å²) in [5.41, 5.74) is 3.84. The van der Waals surface area contributed by atoms with Crippen LogP contribution in [0.2, 0.25) is 0 Å². The van der Waals surface area contributed by atoms with Crippen LogP contribution < -0.4 is 14.2 Å². The number of fused-ring (bicyclic) bond motifs is 2. The van der Waals surface area contributed by atoms with Gasteiger partial charge in [-0.3, -0.25) is 4.90 Å². The van der Waals surface area contributed by atoms with E-state index in [0.717, 1.165) is 35.6 Å². The van der Waals surface area contributed by atoms with Gasteiger partial charge in [-0.05, 0) is 30.7 Å². The molecule has 2 aromatic carbocycles. The number of oxime groups is 1. The van der Waals surface area contributed by atoms with Gasteiger partial charge < -0.3 is 19.4 Å². The molecule has 6 heteroatoms. The molecule has 0 amide bonds. The summed E-state index contributed by atoms with van der Waals surface area (Å²) in [5.74, 6) is 2.12. The van der Waals surface area contributed by atoms with Crippen molar-refractivity contribution in [2.24, 2.45) is 5.16 Å². The first kappa shape index (κ1) is 16.7. The van der Waals surface area contributed by atoms with Gasteiger partial charge in [0.1, 0.15) is 0 Å². The summed E-state index contributed by atoms with van der Waals surface area (Å²) >= 11 is 0. The molecule has 2 aliphatic heterocycles. The number of hydrogen-bond donors (Lipinski definition) is 1. The van der Waals surface area contributed by atoms with Crippen LogP contribution in [0.3, 0.4) is 0 Å². The van der Waals surface area contributed by atoms with Gasteiger partial charge in [0.15, 0.2) is 11.5 Å². The molecule has 136 valence electrons. The molecule has 0 unspecified atom stereocenters. The zero-order chi connectivity index (χ0) is 18.1. The van der Waals surface area contributed by atoms with Crippen molar-refractivity contribution in [3.63, 3.8) is 0 Å². The number of rotatable bonds is 4. The molecular formula is C20H22N2O4. The average Bonchev–Trinajstić information content (AvgIpc) is 3.14. The van der Waals surface area contributed by atoms with E-state index in [-0.39, 0.29) is 12.8 Å². The molecule has 0 aromatic heterocycles. The Bertz CT molecular complexity index is 835. The first-order valence-corrected chi connectivity index (χ1v) is 8.69. The molecule has 6 nitrogen and oxygen atoms in total. The van der Waals surface area contributed by atoms with Crippen molar-refractivity contribution >= 4 is 5.71 Å². The number of nitrogens with zero attached hydrogens (tertiary/aromatic N) is 2. The van der Waals surface area contributed by atoms with Crippen LogP contribution in [0.1, 0.15) is 29.2 Å². The van der Waals surface area contributed by atoms with Gasteiger partial charge in [-0.15, -0.1) is 0 Å². The van der Waals surface area contributed by atoms with E-state index in [2.05, 4.69) is 23.2 Å². The van der Waals surface area contributed by atoms with Crippen molar-refractivity contribution in [2.45, 2.75) is 18.9 Å². The van der Waals surface area contributed by atoms with Crippen LogP contribution in [0.15, 0.2) is 41.6 Å². The van der Waals surface area contributed by atoms with Gasteiger partial charge in [-0.25, -0.2) is 0 Å². The van der Waals surface area contributed by atoms with Crippen molar-refractivity contribution in [3.05, 3.63) is 53.1 Å². The van der Waals surface area contributed by atoms with Crippen molar-refractivity contribution in [3.8, 4) is 17.2 Å². The van der Waals surface area contributed by atoms with E-state index in [0.29, 0.717) is 17.9 Å². The summed E-state index contributed by atoms with van der Waals surface area (Å²) in [6.45, 7) is 1.12. The standard InChI is InChI=1S/C20H22N2O4/c1-22-9-8-14-10-17-19(26-12-25-17)20(24-2)18(14)16(22)11-15(21-23)13-6-4-3-5-7-13/h3-7,10,16,23H,8-9,11-12H2,1-2H3/t16-/m0/s1. The highest BCUT2D eigenvalue weighted by atomic mass is 16.7. The normalized spacial score (nSPS) is 19.3. The highest BCUT2D eigenvalue weighted by Gasteiger charge is 2.34. The van der Waals surface area contributed by atoms with Gasteiger partial charge in [-0.1, -0.05) is 35.5 Å². The Kier molecular flexibility index (Phi) is 4.42. The zero-order valence-electron chi connectivity index (χ0n) is 14.9. The van der Waals surface area contributed by atoms with Crippen molar-refractivity contribution in [2.75, 3.05) is 27.5 Å². The summed E-state index contributed by atoms with van der Waals surface area (Å²) in [7, 11) is 3.74. The van der Waals surface area contributed by atoms with Gasteiger partial charge in [0.25, 0.3) is 0 Å². The second kappa shape index (κ2) is 6.88. The van der Waals surface area contributed by atoms with E-state index in [1.165, 1.54) is 5.56 Å². The van der Waals surface area contributed by atoms with Gasteiger partial charge >= 0.3 is 0 Å². The predicted octanol–water partition coefficient (Wildman–Crippen LogP) is 3.22. The third kappa shape index (κ3) is 2.76. The lowest BCUT2D eigenvalue weighted by molar-refractivity contribution is 0.170. The molecule has 0 aliphatic carbocycles. The maximum atomic E-state index is 9.62. The fourth-order valence-electron chi connectivity index (χ4n) is 3.81. The number of benzene rings is 2. The Hall–Kier alpha value is -2.73. The summed E-state index contributed by atoms with van der Waals surface area (Å²) in [4.78, 5) is 2.27. The topological polar surface area (TPSA) is 63.5 Å². The Labute approximate surface area is 152 Å². The van der Waals surface area contributed by atoms with E-state index in [4.69, 9.17) is 14.2 Å². The molecule has 0 radical (unpaired) electrons. The molecule has 0 saturated heterocycles. The number of methoxy groups -OCH3 is 1. The summed E-state index contributed by atoms with van der Waals surface area (Å²) in [6.07, 6.45) is 1.48. The molecule has 1 atom stereocenters. The molecule has 1 N–H and O–H groups in total. The lowest BCUT2D eigenvalue weighted by Gasteiger charge is -2.36. The Balaban J connectivity index is 1.76. The summed E-state index contributed by atoms with van der Waals surface area (Å²) in [5, 5.41) is 13.2. The minimum atomic E-state index is 0.0225. The van der Waals surface area contributed by atoms with Crippen molar-refractivity contribution in [1.82, 2.24) is 4.90 Å². The monoisotopic (exact) mass is 354 g/mol. The fourth-order valence-corrected chi connectivity index (χ4v) is 3.81. The molecule has 0 saturated carbocycles. The maximum Gasteiger partial charge on any atom is 0.231 e. The third-order valence-electron chi connectivity index (χ3n) is 5.16. The van der Waals surface area contributed by atoms with E-state index >= 15 is 0 Å². The van der Waals surface area contributed by atoms with E-state index in [1.807, 2.05) is 30.3 Å². The Morgan fingerprint density at radius 3 is 2.85 bits per heavy atom. The van der Waals surface area contributed by atoms with Gasteiger partial charge in [0.2, 0.25) is 12.5 Å². The second-order valence-corrected chi connectivity index (χ2v) is 6.58. The molecule has 0 fully saturated rings.